The molecule has 0 spiro atoms. The van der Waals surface area contributed by atoms with E-state index in [9.17, 15) is 4.79 Å². The molecule has 3 N–H and O–H groups in total. The molecule has 0 aliphatic carbocycles. The summed E-state index contributed by atoms with van der Waals surface area (Å²) in [5.74, 6) is -0.896. The van der Waals surface area contributed by atoms with E-state index in [0.717, 1.165) is 12.0 Å². The van der Waals surface area contributed by atoms with E-state index >= 15 is 0 Å². The quantitative estimate of drug-likeness (QED) is 0.734. The first kappa shape index (κ1) is 9.74. The number of hydrogen-bond acceptors (Lipinski definition) is 2. The lowest BCUT2D eigenvalue weighted by Gasteiger charge is -2.04. The molecule has 0 aromatic heterocycles. The molecule has 1 aromatic carbocycles. The van der Waals surface area contributed by atoms with Gasteiger partial charge in [0, 0.05) is 6.04 Å². The molecule has 0 amide bonds. The van der Waals surface area contributed by atoms with Crippen LogP contribution in [0.5, 0.6) is 0 Å². The maximum Gasteiger partial charge on any atom is 0.335 e. The van der Waals surface area contributed by atoms with E-state index in [2.05, 4.69) is 0 Å². The minimum absolute atomic E-state index is 0.107. The zero-order valence-corrected chi connectivity index (χ0v) is 7.53. The summed E-state index contributed by atoms with van der Waals surface area (Å²) in [5.41, 5.74) is 6.99. The van der Waals surface area contributed by atoms with Gasteiger partial charge in [-0.2, -0.15) is 0 Å². The molecule has 3 nitrogen and oxygen atoms in total. The van der Waals surface area contributed by atoms with Gasteiger partial charge in [0.2, 0.25) is 0 Å². The number of carbonyl (C=O) groups is 1. The molecule has 1 aromatic rings. The van der Waals surface area contributed by atoms with E-state index < -0.39 is 5.97 Å². The van der Waals surface area contributed by atoms with E-state index in [1.165, 1.54) is 0 Å². The molecule has 0 fully saturated rings. The molecule has 1 rings (SSSR count). The first-order chi connectivity index (χ1) is 6.09. The summed E-state index contributed by atoms with van der Waals surface area (Å²) in [5, 5.41) is 8.63. The van der Waals surface area contributed by atoms with Crippen LogP contribution in [-0.4, -0.2) is 17.1 Å². The average molecular weight is 179 g/mol. The van der Waals surface area contributed by atoms with Crippen molar-refractivity contribution in [2.45, 2.75) is 19.4 Å². The fraction of sp³-hybridized carbons (Fsp3) is 0.300. The fourth-order valence-corrected chi connectivity index (χ4v) is 1.16. The van der Waals surface area contributed by atoms with Gasteiger partial charge in [0.05, 0.1) is 5.56 Å². The highest BCUT2D eigenvalue weighted by molar-refractivity contribution is 5.87. The summed E-state index contributed by atoms with van der Waals surface area (Å²) in [7, 11) is 0. The van der Waals surface area contributed by atoms with Gasteiger partial charge in [-0.15, -0.1) is 0 Å². The summed E-state index contributed by atoms with van der Waals surface area (Å²) in [6.45, 7) is 1.92. The minimum Gasteiger partial charge on any atom is -0.478 e. The van der Waals surface area contributed by atoms with Gasteiger partial charge in [-0.3, -0.25) is 0 Å². The van der Waals surface area contributed by atoms with E-state index in [1.807, 2.05) is 6.92 Å². The Hall–Kier alpha value is -1.35. The van der Waals surface area contributed by atoms with Crippen molar-refractivity contribution in [1.82, 2.24) is 0 Å². The van der Waals surface area contributed by atoms with Crippen LogP contribution in [0.3, 0.4) is 0 Å². The summed E-state index contributed by atoms with van der Waals surface area (Å²) in [4.78, 5) is 10.5. The average Bonchev–Trinajstić information content (AvgIpc) is 2.04. The van der Waals surface area contributed by atoms with E-state index in [1.54, 1.807) is 24.3 Å². The highest BCUT2D eigenvalue weighted by atomic mass is 16.4. The van der Waals surface area contributed by atoms with Crippen molar-refractivity contribution in [3.8, 4) is 0 Å². The van der Waals surface area contributed by atoms with Gasteiger partial charge >= 0.3 is 5.97 Å². The smallest absolute Gasteiger partial charge is 0.335 e. The molecule has 0 saturated heterocycles. The van der Waals surface area contributed by atoms with Crippen LogP contribution in [0.15, 0.2) is 24.3 Å². The third-order valence-electron chi connectivity index (χ3n) is 1.76. The Kier molecular flexibility index (Phi) is 3.03. The predicted molar refractivity (Wildman–Crippen MR) is 50.8 cm³/mol. The van der Waals surface area contributed by atoms with Gasteiger partial charge in [0.25, 0.3) is 0 Å². The van der Waals surface area contributed by atoms with Gasteiger partial charge in [-0.1, -0.05) is 12.1 Å². The number of nitrogens with two attached hydrogens (primary N) is 1. The number of rotatable bonds is 3. The third kappa shape index (κ3) is 2.87. The zero-order valence-electron chi connectivity index (χ0n) is 7.53. The predicted octanol–water partition coefficient (Wildman–Crippen LogP) is 1.27. The van der Waals surface area contributed by atoms with Crippen LogP contribution in [0.25, 0.3) is 0 Å². The lowest BCUT2D eigenvalue weighted by atomic mass is 10.1. The number of benzene rings is 1. The van der Waals surface area contributed by atoms with Gasteiger partial charge in [-0.05, 0) is 31.0 Å². The molecule has 1 atom stereocenters. The second-order valence-electron chi connectivity index (χ2n) is 3.18. The van der Waals surface area contributed by atoms with Crippen molar-refractivity contribution in [2.24, 2.45) is 5.73 Å². The maximum atomic E-state index is 10.5. The third-order valence-corrected chi connectivity index (χ3v) is 1.76. The molecule has 1 unspecified atom stereocenters. The van der Waals surface area contributed by atoms with Crippen molar-refractivity contribution < 1.29 is 9.90 Å². The fourth-order valence-electron chi connectivity index (χ4n) is 1.16. The molecule has 0 heterocycles. The monoisotopic (exact) mass is 179 g/mol. The lowest BCUT2D eigenvalue weighted by Crippen LogP contribution is -2.17. The van der Waals surface area contributed by atoms with Gasteiger partial charge in [0.1, 0.15) is 0 Å². The van der Waals surface area contributed by atoms with Crippen LogP contribution < -0.4 is 5.73 Å². The molecule has 0 radical (unpaired) electrons. The Morgan fingerprint density at radius 3 is 2.38 bits per heavy atom. The highest BCUT2D eigenvalue weighted by Crippen LogP contribution is 2.06. The van der Waals surface area contributed by atoms with Crippen molar-refractivity contribution in [3.63, 3.8) is 0 Å². The highest BCUT2D eigenvalue weighted by Gasteiger charge is 2.02. The lowest BCUT2D eigenvalue weighted by molar-refractivity contribution is 0.0697. The molecule has 70 valence electrons. The Labute approximate surface area is 77.2 Å². The van der Waals surface area contributed by atoms with E-state index in [0.29, 0.717) is 5.56 Å². The second-order valence-corrected chi connectivity index (χ2v) is 3.18. The Morgan fingerprint density at radius 2 is 2.00 bits per heavy atom. The number of aromatic carboxylic acids is 1. The summed E-state index contributed by atoms with van der Waals surface area (Å²) >= 11 is 0. The van der Waals surface area contributed by atoms with E-state index in [4.69, 9.17) is 10.8 Å². The normalized spacial score (nSPS) is 12.5. The Balaban J connectivity index is 2.75. The molecule has 13 heavy (non-hydrogen) atoms. The van der Waals surface area contributed by atoms with Gasteiger partial charge in [-0.25, -0.2) is 4.79 Å². The summed E-state index contributed by atoms with van der Waals surface area (Å²) in [6.07, 6.45) is 0.778. The molecule has 0 saturated carbocycles. The molecule has 0 aliphatic rings. The largest absolute Gasteiger partial charge is 0.478 e. The number of carboxylic acid groups (broad SMARTS) is 1. The van der Waals surface area contributed by atoms with Crippen LogP contribution in [0.2, 0.25) is 0 Å². The van der Waals surface area contributed by atoms with Crippen molar-refractivity contribution in [2.75, 3.05) is 0 Å². The van der Waals surface area contributed by atoms with Crippen molar-refractivity contribution >= 4 is 5.97 Å². The maximum absolute atomic E-state index is 10.5. The van der Waals surface area contributed by atoms with Crippen molar-refractivity contribution in [1.29, 1.82) is 0 Å². The number of hydrogen-bond donors (Lipinski definition) is 2. The van der Waals surface area contributed by atoms with Crippen LogP contribution in [0.1, 0.15) is 22.8 Å². The SMILES string of the molecule is CC(N)Cc1ccc(C(=O)O)cc1. The molecule has 0 aliphatic heterocycles. The summed E-state index contributed by atoms with van der Waals surface area (Å²) < 4.78 is 0. The Bertz CT molecular complexity index is 290. The Morgan fingerprint density at radius 1 is 1.46 bits per heavy atom. The van der Waals surface area contributed by atoms with Crippen LogP contribution in [0.4, 0.5) is 0 Å². The minimum atomic E-state index is -0.896. The molecular weight excluding hydrogens is 166 g/mol. The molecular formula is C10H13NO2. The number of carboxylic acids is 1. The van der Waals surface area contributed by atoms with Gasteiger partial charge < -0.3 is 10.8 Å². The standard InChI is InChI=1S/C10H13NO2/c1-7(11)6-8-2-4-9(5-3-8)10(12)13/h2-5,7H,6,11H2,1H3,(H,12,13). The topological polar surface area (TPSA) is 63.3 Å². The van der Waals surface area contributed by atoms with Crippen LogP contribution in [-0.2, 0) is 6.42 Å². The van der Waals surface area contributed by atoms with Crippen LogP contribution >= 0.6 is 0 Å². The zero-order chi connectivity index (χ0) is 9.84. The first-order valence-corrected chi connectivity index (χ1v) is 4.17. The van der Waals surface area contributed by atoms with Crippen LogP contribution in [0, 0.1) is 0 Å². The second kappa shape index (κ2) is 4.05. The molecule has 3 heteroatoms. The first-order valence-electron chi connectivity index (χ1n) is 4.17. The van der Waals surface area contributed by atoms with Gasteiger partial charge in [0.15, 0.2) is 0 Å². The molecule has 0 bridgehead atoms. The summed E-state index contributed by atoms with van der Waals surface area (Å²) in [6, 6.07) is 6.90. The van der Waals surface area contributed by atoms with Crippen molar-refractivity contribution in [3.05, 3.63) is 35.4 Å². The van der Waals surface area contributed by atoms with E-state index in [-0.39, 0.29) is 6.04 Å².